The number of benzene rings is 2. The number of aryl methyl sites for hydroxylation is 1. The molecule has 0 saturated carbocycles. The van der Waals surface area contributed by atoms with Crippen LogP contribution >= 0.6 is 0 Å². The lowest BCUT2D eigenvalue weighted by Crippen LogP contribution is -2.20. The Kier molecular flexibility index (Phi) is 4.81. The van der Waals surface area contributed by atoms with Crippen LogP contribution in [-0.2, 0) is 16.3 Å². The second-order valence-electron chi connectivity index (χ2n) is 7.06. The van der Waals surface area contributed by atoms with Crippen LogP contribution in [0.15, 0.2) is 63.3 Å². The minimum absolute atomic E-state index is 0.359. The molecule has 1 aliphatic carbocycles. The predicted octanol–water partition coefficient (Wildman–Crippen LogP) is 3.72. The standard InChI is InChI=1S/C21H24N2O2S/c24-26(25,18-7-2-1-3-8-18)19-10-11-20-16(5-4-6-17(20)15-19)9-12-21-22-13-14-23-21/h1-3,7-8,10-11,15-16H,4-6,9,12-14H2,(H,22,23). The highest BCUT2D eigenvalue weighted by molar-refractivity contribution is 7.91. The average molecular weight is 369 g/mol. The highest BCUT2D eigenvalue weighted by Gasteiger charge is 2.24. The number of hydrogen-bond acceptors (Lipinski definition) is 4. The van der Waals surface area contributed by atoms with Crippen molar-refractivity contribution in [3.8, 4) is 0 Å². The van der Waals surface area contributed by atoms with E-state index in [-0.39, 0.29) is 0 Å². The molecule has 0 aromatic heterocycles. The molecule has 0 amide bonds. The van der Waals surface area contributed by atoms with E-state index in [1.165, 1.54) is 17.5 Å². The third-order valence-electron chi connectivity index (χ3n) is 5.39. The molecular formula is C21H24N2O2S. The summed E-state index contributed by atoms with van der Waals surface area (Å²) >= 11 is 0. The zero-order chi connectivity index (χ0) is 18.0. The number of sulfone groups is 1. The van der Waals surface area contributed by atoms with E-state index in [1.54, 1.807) is 30.3 Å². The van der Waals surface area contributed by atoms with Crippen molar-refractivity contribution in [1.82, 2.24) is 5.32 Å². The van der Waals surface area contributed by atoms with Gasteiger partial charge < -0.3 is 5.32 Å². The van der Waals surface area contributed by atoms with E-state index < -0.39 is 9.84 Å². The Bertz CT molecular complexity index is 920. The summed E-state index contributed by atoms with van der Waals surface area (Å²) in [4.78, 5) is 5.25. The summed E-state index contributed by atoms with van der Waals surface area (Å²) in [6.07, 6.45) is 5.30. The maximum atomic E-state index is 12.9. The number of fused-ring (bicyclic) bond motifs is 1. The van der Waals surface area contributed by atoms with Gasteiger partial charge in [0, 0.05) is 13.0 Å². The average Bonchev–Trinajstić information content (AvgIpc) is 3.20. The predicted molar refractivity (Wildman–Crippen MR) is 104 cm³/mol. The molecule has 0 saturated heterocycles. The van der Waals surface area contributed by atoms with Crippen LogP contribution in [0.4, 0.5) is 0 Å². The molecule has 136 valence electrons. The fraction of sp³-hybridized carbons (Fsp3) is 0.381. The van der Waals surface area contributed by atoms with Gasteiger partial charge in [-0.2, -0.15) is 0 Å². The van der Waals surface area contributed by atoms with Crippen molar-refractivity contribution in [2.24, 2.45) is 4.99 Å². The Labute approximate surface area is 155 Å². The van der Waals surface area contributed by atoms with Crippen molar-refractivity contribution in [3.63, 3.8) is 0 Å². The zero-order valence-electron chi connectivity index (χ0n) is 14.8. The van der Waals surface area contributed by atoms with E-state index in [0.29, 0.717) is 15.7 Å². The SMILES string of the molecule is O=S(=O)(c1ccccc1)c1ccc2c(c1)CCCC2CCC1=NCCN1. The van der Waals surface area contributed by atoms with Crippen LogP contribution in [0.1, 0.15) is 42.7 Å². The van der Waals surface area contributed by atoms with E-state index in [0.717, 1.165) is 44.6 Å². The number of rotatable bonds is 5. The summed E-state index contributed by atoms with van der Waals surface area (Å²) in [7, 11) is -3.44. The van der Waals surface area contributed by atoms with Gasteiger partial charge in [-0.05, 0) is 67.0 Å². The molecule has 1 aliphatic heterocycles. The van der Waals surface area contributed by atoms with Gasteiger partial charge in [0.15, 0.2) is 0 Å². The summed E-state index contributed by atoms with van der Waals surface area (Å²) in [5, 5.41) is 3.34. The number of nitrogens with zero attached hydrogens (tertiary/aromatic N) is 1. The largest absolute Gasteiger partial charge is 0.372 e. The van der Waals surface area contributed by atoms with Gasteiger partial charge >= 0.3 is 0 Å². The van der Waals surface area contributed by atoms with Crippen LogP contribution < -0.4 is 5.32 Å². The van der Waals surface area contributed by atoms with Gasteiger partial charge in [0.05, 0.1) is 22.2 Å². The Morgan fingerprint density at radius 2 is 1.92 bits per heavy atom. The maximum Gasteiger partial charge on any atom is 0.206 e. The molecule has 1 N–H and O–H groups in total. The third-order valence-corrected chi connectivity index (χ3v) is 7.16. The van der Waals surface area contributed by atoms with Crippen LogP contribution in [0.2, 0.25) is 0 Å². The maximum absolute atomic E-state index is 12.9. The van der Waals surface area contributed by atoms with Crippen molar-refractivity contribution >= 4 is 15.7 Å². The molecular weight excluding hydrogens is 344 g/mol. The Morgan fingerprint density at radius 1 is 1.08 bits per heavy atom. The first-order valence-electron chi connectivity index (χ1n) is 9.35. The van der Waals surface area contributed by atoms with Gasteiger partial charge in [-0.15, -0.1) is 0 Å². The summed E-state index contributed by atoms with van der Waals surface area (Å²) in [5.41, 5.74) is 2.52. The molecule has 26 heavy (non-hydrogen) atoms. The Balaban J connectivity index is 1.58. The van der Waals surface area contributed by atoms with Gasteiger partial charge in [0.1, 0.15) is 0 Å². The van der Waals surface area contributed by atoms with Crippen molar-refractivity contribution in [2.45, 2.75) is 47.8 Å². The first kappa shape index (κ1) is 17.3. The molecule has 0 radical (unpaired) electrons. The molecule has 1 unspecified atom stereocenters. The van der Waals surface area contributed by atoms with Crippen molar-refractivity contribution < 1.29 is 8.42 Å². The minimum atomic E-state index is -3.44. The fourth-order valence-electron chi connectivity index (χ4n) is 4.02. The van der Waals surface area contributed by atoms with Crippen molar-refractivity contribution in [2.75, 3.05) is 13.1 Å². The number of hydrogen-bond donors (Lipinski definition) is 1. The van der Waals surface area contributed by atoms with Gasteiger partial charge in [-0.25, -0.2) is 8.42 Å². The highest BCUT2D eigenvalue weighted by Crippen LogP contribution is 2.36. The minimum Gasteiger partial charge on any atom is -0.372 e. The lowest BCUT2D eigenvalue weighted by molar-refractivity contribution is 0.526. The van der Waals surface area contributed by atoms with Crippen LogP contribution in [0.25, 0.3) is 0 Å². The molecule has 2 aromatic carbocycles. The highest BCUT2D eigenvalue weighted by atomic mass is 32.2. The lowest BCUT2D eigenvalue weighted by Gasteiger charge is -2.26. The van der Waals surface area contributed by atoms with Gasteiger partial charge in [-0.3, -0.25) is 4.99 Å². The van der Waals surface area contributed by atoms with Gasteiger partial charge in [0.2, 0.25) is 9.84 Å². The van der Waals surface area contributed by atoms with E-state index >= 15 is 0 Å². The third kappa shape index (κ3) is 3.40. The van der Waals surface area contributed by atoms with Crippen LogP contribution in [-0.4, -0.2) is 27.3 Å². The van der Waals surface area contributed by atoms with Crippen molar-refractivity contribution in [1.29, 1.82) is 0 Å². The van der Waals surface area contributed by atoms with Gasteiger partial charge in [-0.1, -0.05) is 24.3 Å². The number of aliphatic imine (C=N–C) groups is 1. The molecule has 0 fully saturated rings. The fourth-order valence-corrected chi connectivity index (χ4v) is 5.35. The molecule has 4 rings (SSSR count). The molecule has 1 heterocycles. The number of nitrogens with one attached hydrogen (secondary N) is 1. The summed E-state index contributed by atoms with van der Waals surface area (Å²) in [6.45, 7) is 1.84. The molecule has 5 heteroatoms. The monoisotopic (exact) mass is 368 g/mol. The van der Waals surface area contributed by atoms with Crippen LogP contribution in [0.3, 0.4) is 0 Å². The summed E-state index contributed by atoms with van der Waals surface area (Å²) < 4.78 is 25.8. The molecule has 4 nitrogen and oxygen atoms in total. The second-order valence-corrected chi connectivity index (χ2v) is 9.01. The Morgan fingerprint density at radius 3 is 2.69 bits per heavy atom. The smallest absolute Gasteiger partial charge is 0.206 e. The zero-order valence-corrected chi connectivity index (χ0v) is 15.6. The Hall–Kier alpha value is -2.14. The lowest BCUT2D eigenvalue weighted by atomic mass is 9.80. The van der Waals surface area contributed by atoms with Crippen LogP contribution in [0, 0.1) is 0 Å². The number of amidine groups is 1. The normalized spacial score (nSPS) is 19.5. The molecule has 0 bridgehead atoms. The van der Waals surface area contributed by atoms with E-state index in [4.69, 9.17) is 0 Å². The summed E-state index contributed by atoms with van der Waals surface area (Å²) in [5.74, 6) is 1.62. The first-order chi connectivity index (χ1) is 12.6. The second kappa shape index (κ2) is 7.23. The molecule has 0 spiro atoms. The van der Waals surface area contributed by atoms with Gasteiger partial charge in [0.25, 0.3) is 0 Å². The quantitative estimate of drug-likeness (QED) is 0.875. The first-order valence-corrected chi connectivity index (χ1v) is 10.8. The van der Waals surface area contributed by atoms with Crippen molar-refractivity contribution in [3.05, 3.63) is 59.7 Å². The van der Waals surface area contributed by atoms with E-state index in [9.17, 15) is 8.42 Å². The van der Waals surface area contributed by atoms with E-state index in [2.05, 4.69) is 10.3 Å². The topological polar surface area (TPSA) is 58.5 Å². The molecule has 2 aromatic rings. The molecule has 2 aliphatic rings. The summed E-state index contributed by atoms with van der Waals surface area (Å²) in [6, 6.07) is 14.4. The molecule has 1 atom stereocenters. The van der Waals surface area contributed by atoms with Crippen LogP contribution in [0.5, 0.6) is 0 Å². The van der Waals surface area contributed by atoms with E-state index in [1.807, 2.05) is 18.2 Å².